The lowest BCUT2D eigenvalue weighted by Crippen LogP contribution is -2.43. The molecular formula is C16H13BrN2O5. The van der Waals surface area contributed by atoms with Crippen LogP contribution in [0.2, 0.25) is 0 Å². The summed E-state index contributed by atoms with van der Waals surface area (Å²) in [6.07, 6.45) is 4.09. The highest BCUT2D eigenvalue weighted by Gasteiger charge is 2.10. The maximum atomic E-state index is 11.5. The van der Waals surface area contributed by atoms with Gasteiger partial charge in [0.25, 0.3) is 5.91 Å². The topological polar surface area (TPSA) is 97.6 Å². The summed E-state index contributed by atoms with van der Waals surface area (Å²) in [6, 6.07) is 10.3. The number of hydrogen-bond acceptors (Lipinski definition) is 5. The minimum atomic E-state index is -0.681. The average Bonchev–Trinajstić information content (AvgIpc) is 3.10. The Labute approximate surface area is 145 Å². The predicted molar refractivity (Wildman–Crippen MR) is 88.5 cm³/mol. The van der Waals surface area contributed by atoms with Crippen LogP contribution in [-0.4, -0.2) is 24.4 Å². The average molecular weight is 393 g/mol. The van der Waals surface area contributed by atoms with E-state index >= 15 is 0 Å². The normalized spacial score (nSPS) is 10.4. The van der Waals surface area contributed by atoms with E-state index in [1.807, 2.05) is 24.3 Å². The van der Waals surface area contributed by atoms with Gasteiger partial charge in [-0.3, -0.25) is 20.4 Å². The van der Waals surface area contributed by atoms with E-state index in [9.17, 15) is 14.4 Å². The molecule has 0 saturated carbocycles. The van der Waals surface area contributed by atoms with Crippen LogP contribution < -0.4 is 10.9 Å². The summed E-state index contributed by atoms with van der Waals surface area (Å²) in [5.74, 6) is -1.93. The molecule has 7 nitrogen and oxygen atoms in total. The fourth-order valence-corrected chi connectivity index (χ4v) is 2.01. The van der Waals surface area contributed by atoms with Crippen LogP contribution in [-0.2, 0) is 14.3 Å². The molecule has 0 saturated heterocycles. The Balaban J connectivity index is 1.71. The summed E-state index contributed by atoms with van der Waals surface area (Å²) in [5.41, 5.74) is 5.03. The lowest BCUT2D eigenvalue weighted by Gasteiger charge is -2.05. The molecule has 2 N–H and O–H groups in total. The van der Waals surface area contributed by atoms with Gasteiger partial charge in [-0.05, 0) is 35.9 Å². The SMILES string of the molecule is O=C(COC(=O)/C=C/c1cccc(Br)c1)NNC(=O)c1ccco1. The van der Waals surface area contributed by atoms with Crippen molar-refractivity contribution in [1.29, 1.82) is 0 Å². The molecule has 1 aromatic heterocycles. The number of halogens is 1. The van der Waals surface area contributed by atoms with Crippen LogP contribution in [0.4, 0.5) is 0 Å². The molecule has 8 heteroatoms. The van der Waals surface area contributed by atoms with E-state index < -0.39 is 24.4 Å². The lowest BCUT2D eigenvalue weighted by molar-refractivity contribution is -0.144. The molecular weight excluding hydrogens is 380 g/mol. The molecule has 1 aromatic carbocycles. The smallest absolute Gasteiger partial charge is 0.331 e. The van der Waals surface area contributed by atoms with Gasteiger partial charge in [-0.25, -0.2) is 4.79 Å². The number of amides is 2. The number of benzene rings is 1. The van der Waals surface area contributed by atoms with Gasteiger partial charge < -0.3 is 9.15 Å². The number of carbonyl (C=O) groups is 3. The van der Waals surface area contributed by atoms with Crippen molar-refractivity contribution >= 4 is 39.8 Å². The zero-order valence-electron chi connectivity index (χ0n) is 12.3. The number of rotatable bonds is 5. The minimum absolute atomic E-state index is 0.0456. The maximum absolute atomic E-state index is 11.5. The Bertz CT molecular complexity index is 756. The Morgan fingerprint density at radius 3 is 2.71 bits per heavy atom. The van der Waals surface area contributed by atoms with E-state index in [-0.39, 0.29) is 5.76 Å². The third-order valence-electron chi connectivity index (χ3n) is 2.67. The maximum Gasteiger partial charge on any atom is 0.331 e. The quantitative estimate of drug-likeness (QED) is 0.461. The summed E-state index contributed by atoms with van der Waals surface area (Å²) >= 11 is 3.32. The number of esters is 1. The fourth-order valence-electron chi connectivity index (χ4n) is 1.59. The Hall–Kier alpha value is -2.87. The summed E-state index contributed by atoms with van der Waals surface area (Å²) in [7, 11) is 0. The van der Waals surface area contributed by atoms with Crippen molar-refractivity contribution in [3.8, 4) is 0 Å². The first-order valence-corrected chi connectivity index (χ1v) is 7.57. The van der Waals surface area contributed by atoms with Gasteiger partial charge in [0.05, 0.1) is 6.26 Å². The molecule has 0 aliphatic carbocycles. The monoisotopic (exact) mass is 392 g/mol. The predicted octanol–water partition coefficient (Wildman–Crippen LogP) is 2.06. The highest BCUT2D eigenvalue weighted by molar-refractivity contribution is 9.10. The Morgan fingerprint density at radius 1 is 1.17 bits per heavy atom. The van der Waals surface area contributed by atoms with Crippen LogP contribution in [0.15, 0.2) is 57.6 Å². The highest BCUT2D eigenvalue weighted by Crippen LogP contribution is 2.12. The van der Waals surface area contributed by atoms with E-state index in [1.165, 1.54) is 24.5 Å². The molecule has 2 amide bonds. The second-order valence-electron chi connectivity index (χ2n) is 4.48. The van der Waals surface area contributed by atoms with Gasteiger partial charge >= 0.3 is 11.9 Å². The third-order valence-corrected chi connectivity index (χ3v) is 3.16. The molecule has 0 radical (unpaired) electrons. The number of hydrogen-bond donors (Lipinski definition) is 2. The number of nitrogens with one attached hydrogen (secondary N) is 2. The van der Waals surface area contributed by atoms with Crippen molar-refractivity contribution in [2.45, 2.75) is 0 Å². The number of carbonyl (C=O) groups excluding carboxylic acids is 3. The first-order valence-electron chi connectivity index (χ1n) is 6.77. The third kappa shape index (κ3) is 5.73. The summed E-state index contributed by atoms with van der Waals surface area (Å²) in [5, 5.41) is 0. The second kappa shape index (κ2) is 8.68. The van der Waals surface area contributed by atoms with E-state index in [1.54, 1.807) is 6.08 Å². The summed E-state index contributed by atoms with van der Waals surface area (Å²) in [4.78, 5) is 34.5. The highest BCUT2D eigenvalue weighted by atomic mass is 79.9. The molecule has 2 aromatic rings. The number of ether oxygens (including phenoxy) is 1. The Morgan fingerprint density at radius 2 is 2.00 bits per heavy atom. The van der Waals surface area contributed by atoms with E-state index in [2.05, 4.69) is 26.8 Å². The van der Waals surface area contributed by atoms with Crippen LogP contribution >= 0.6 is 15.9 Å². The van der Waals surface area contributed by atoms with Crippen LogP contribution in [0.5, 0.6) is 0 Å². The zero-order chi connectivity index (χ0) is 17.4. The van der Waals surface area contributed by atoms with Gasteiger partial charge in [0.15, 0.2) is 12.4 Å². The van der Waals surface area contributed by atoms with Gasteiger partial charge in [-0.15, -0.1) is 0 Å². The minimum Gasteiger partial charge on any atom is -0.459 e. The molecule has 0 fully saturated rings. The van der Waals surface area contributed by atoms with Gasteiger partial charge in [-0.2, -0.15) is 0 Å². The summed E-state index contributed by atoms with van der Waals surface area (Å²) in [6.45, 7) is -0.528. The second-order valence-corrected chi connectivity index (χ2v) is 5.39. The van der Waals surface area contributed by atoms with Crippen molar-refractivity contribution in [3.63, 3.8) is 0 Å². The van der Waals surface area contributed by atoms with Crippen molar-refractivity contribution in [1.82, 2.24) is 10.9 Å². The molecule has 1 heterocycles. The first kappa shape index (κ1) is 17.5. The van der Waals surface area contributed by atoms with Crippen molar-refractivity contribution in [2.24, 2.45) is 0 Å². The van der Waals surface area contributed by atoms with Crippen molar-refractivity contribution in [3.05, 3.63) is 64.5 Å². The van der Waals surface area contributed by atoms with Crippen LogP contribution in [0, 0.1) is 0 Å². The van der Waals surface area contributed by atoms with E-state index in [0.717, 1.165) is 10.0 Å². The zero-order valence-corrected chi connectivity index (χ0v) is 13.9. The molecule has 24 heavy (non-hydrogen) atoms. The fraction of sp³-hybridized carbons (Fsp3) is 0.0625. The van der Waals surface area contributed by atoms with Crippen molar-refractivity contribution < 1.29 is 23.5 Å². The van der Waals surface area contributed by atoms with Crippen LogP contribution in [0.25, 0.3) is 6.08 Å². The van der Waals surface area contributed by atoms with E-state index in [0.29, 0.717) is 0 Å². The first-order chi connectivity index (χ1) is 11.5. The molecule has 0 aliphatic rings. The Kier molecular flexibility index (Phi) is 6.32. The molecule has 0 bridgehead atoms. The van der Waals surface area contributed by atoms with Gasteiger partial charge in [0.1, 0.15) is 0 Å². The number of furan rings is 1. The van der Waals surface area contributed by atoms with Gasteiger partial charge in [0, 0.05) is 10.5 Å². The van der Waals surface area contributed by atoms with E-state index in [4.69, 9.17) is 9.15 Å². The molecule has 0 aliphatic heterocycles. The van der Waals surface area contributed by atoms with Crippen LogP contribution in [0.1, 0.15) is 16.1 Å². The van der Waals surface area contributed by atoms with Crippen LogP contribution in [0.3, 0.4) is 0 Å². The molecule has 0 unspecified atom stereocenters. The molecule has 124 valence electrons. The standard InChI is InChI=1S/C16H13BrN2O5/c17-12-4-1-3-11(9-12)6-7-15(21)24-10-14(20)18-19-16(22)13-5-2-8-23-13/h1-9H,10H2,(H,18,20)(H,19,22)/b7-6+. The van der Waals surface area contributed by atoms with Gasteiger partial charge in [0.2, 0.25) is 0 Å². The lowest BCUT2D eigenvalue weighted by atomic mass is 10.2. The molecule has 0 atom stereocenters. The van der Waals surface area contributed by atoms with Crippen molar-refractivity contribution in [2.75, 3.05) is 6.61 Å². The largest absolute Gasteiger partial charge is 0.459 e. The van der Waals surface area contributed by atoms with Gasteiger partial charge in [-0.1, -0.05) is 28.1 Å². The molecule has 0 spiro atoms. The number of hydrazine groups is 1. The summed E-state index contributed by atoms with van der Waals surface area (Å²) < 4.78 is 10.5. The molecule has 2 rings (SSSR count).